The predicted octanol–water partition coefficient (Wildman–Crippen LogP) is 2.64. The van der Waals surface area contributed by atoms with E-state index >= 15 is 0 Å². The van der Waals surface area contributed by atoms with Crippen molar-refractivity contribution < 1.29 is 18.6 Å². The van der Waals surface area contributed by atoms with Crippen molar-refractivity contribution in [2.24, 2.45) is 0 Å². The lowest BCUT2D eigenvalue weighted by molar-refractivity contribution is -0.106. The molecular formula is C22H23N6O5P. The van der Waals surface area contributed by atoms with Crippen LogP contribution in [0.5, 0.6) is 5.75 Å². The number of hydrogen-bond donors (Lipinski definition) is 3. The molecule has 3 unspecified atom stereocenters. The van der Waals surface area contributed by atoms with E-state index in [-0.39, 0.29) is 36.9 Å². The molecule has 176 valence electrons. The number of carbonyl (C=O) groups excluding carboxylic acids is 1. The standard InChI is InChI=1S/C22H23N6O5P/c23-22-26-20-19(21(30)27-22)24-13-28(20)18-8-7-17(32-18)12-31-34(25-9-10-29)33-16-6-5-14-3-1-2-4-15(14)11-16/h1-6,10-11,13,17-18,25H,7-9,12H2,(H3,23,26,27,30). The van der Waals surface area contributed by atoms with Crippen molar-refractivity contribution in [3.8, 4) is 5.75 Å². The number of aromatic amines is 1. The lowest BCUT2D eigenvalue weighted by Crippen LogP contribution is -2.20. The lowest BCUT2D eigenvalue weighted by atomic mass is 10.1. The number of H-pyrrole nitrogens is 1. The zero-order valence-corrected chi connectivity index (χ0v) is 19.0. The van der Waals surface area contributed by atoms with Crippen LogP contribution in [0, 0.1) is 0 Å². The highest BCUT2D eigenvalue weighted by molar-refractivity contribution is 7.45. The fourth-order valence-electron chi connectivity index (χ4n) is 3.85. The molecule has 0 aliphatic carbocycles. The molecule has 0 spiro atoms. The average molecular weight is 482 g/mol. The van der Waals surface area contributed by atoms with Gasteiger partial charge in [0.25, 0.3) is 5.56 Å². The van der Waals surface area contributed by atoms with E-state index in [0.717, 1.165) is 23.5 Å². The van der Waals surface area contributed by atoms with Crippen molar-refractivity contribution in [1.29, 1.82) is 0 Å². The number of anilines is 1. The Morgan fingerprint density at radius 1 is 1.26 bits per heavy atom. The maximum Gasteiger partial charge on any atom is 0.318 e. The molecule has 1 saturated heterocycles. The summed E-state index contributed by atoms with van der Waals surface area (Å²) in [5.41, 5.74) is 5.88. The van der Waals surface area contributed by atoms with Gasteiger partial charge in [-0.3, -0.25) is 14.3 Å². The second kappa shape index (κ2) is 9.86. The molecule has 0 saturated carbocycles. The largest absolute Gasteiger partial charge is 0.436 e. The predicted molar refractivity (Wildman–Crippen MR) is 127 cm³/mol. The second-order valence-corrected chi connectivity index (χ2v) is 9.02. The van der Waals surface area contributed by atoms with E-state index in [2.05, 4.69) is 20.0 Å². The summed E-state index contributed by atoms with van der Waals surface area (Å²) in [7, 11) is -1.57. The van der Waals surface area contributed by atoms with Gasteiger partial charge in [0, 0.05) is 0 Å². The van der Waals surface area contributed by atoms with Gasteiger partial charge in [-0.25, -0.2) is 10.1 Å². The van der Waals surface area contributed by atoms with Gasteiger partial charge in [0.2, 0.25) is 5.95 Å². The Bertz CT molecular complexity index is 1370. The number of nitrogen functional groups attached to an aromatic ring is 1. The van der Waals surface area contributed by atoms with Crippen LogP contribution < -0.4 is 20.9 Å². The van der Waals surface area contributed by atoms with Gasteiger partial charge in [-0.05, 0) is 35.7 Å². The third kappa shape index (κ3) is 4.78. The quantitative estimate of drug-likeness (QED) is 0.242. The summed E-state index contributed by atoms with van der Waals surface area (Å²) < 4.78 is 19.8. The zero-order valence-electron chi connectivity index (χ0n) is 18.1. The van der Waals surface area contributed by atoms with Crippen molar-refractivity contribution in [2.75, 3.05) is 18.9 Å². The zero-order chi connectivity index (χ0) is 23.5. The maximum atomic E-state index is 12.0. The number of aldehydes is 1. The lowest BCUT2D eigenvalue weighted by Gasteiger charge is -2.20. The number of fused-ring (bicyclic) bond motifs is 2. The Morgan fingerprint density at radius 2 is 2.12 bits per heavy atom. The van der Waals surface area contributed by atoms with Crippen LogP contribution in [0.4, 0.5) is 5.95 Å². The average Bonchev–Trinajstić information content (AvgIpc) is 3.47. The van der Waals surface area contributed by atoms with Gasteiger partial charge in [-0.15, -0.1) is 0 Å². The Morgan fingerprint density at radius 3 is 2.97 bits per heavy atom. The summed E-state index contributed by atoms with van der Waals surface area (Å²) in [5.74, 6) is 0.669. The summed E-state index contributed by atoms with van der Waals surface area (Å²) in [6.45, 7) is 0.376. The minimum absolute atomic E-state index is 0.0230. The molecule has 0 bridgehead atoms. The van der Waals surface area contributed by atoms with Gasteiger partial charge >= 0.3 is 8.53 Å². The smallest absolute Gasteiger partial charge is 0.318 e. The molecule has 11 nitrogen and oxygen atoms in total. The first-order valence-corrected chi connectivity index (χ1v) is 11.9. The molecule has 1 aliphatic rings. The van der Waals surface area contributed by atoms with Crippen molar-refractivity contribution in [2.45, 2.75) is 25.2 Å². The van der Waals surface area contributed by atoms with Crippen LogP contribution in [0.15, 0.2) is 53.6 Å². The minimum Gasteiger partial charge on any atom is -0.436 e. The van der Waals surface area contributed by atoms with E-state index in [9.17, 15) is 9.59 Å². The van der Waals surface area contributed by atoms with Gasteiger partial charge < -0.3 is 24.3 Å². The van der Waals surface area contributed by atoms with Gasteiger partial charge in [0.05, 0.1) is 25.6 Å². The Labute approximate surface area is 195 Å². The normalized spacial score (nSPS) is 18.9. The number of hydrogen-bond acceptors (Lipinski definition) is 9. The second-order valence-electron chi connectivity index (χ2n) is 7.75. The van der Waals surface area contributed by atoms with E-state index in [1.807, 2.05) is 42.5 Å². The molecule has 2 aromatic carbocycles. The molecule has 1 fully saturated rings. The van der Waals surface area contributed by atoms with E-state index in [1.165, 1.54) is 6.33 Å². The van der Waals surface area contributed by atoms with E-state index in [0.29, 0.717) is 17.8 Å². The molecule has 3 atom stereocenters. The summed E-state index contributed by atoms with van der Waals surface area (Å²) in [4.78, 5) is 33.7. The molecule has 0 amide bonds. The van der Waals surface area contributed by atoms with Crippen molar-refractivity contribution in [1.82, 2.24) is 24.6 Å². The van der Waals surface area contributed by atoms with Crippen LogP contribution in [0.1, 0.15) is 19.1 Å². The van der Waals surface area contributed by atoms with E-state index < -0.39 is 14.1 Å². The van der Waals surface area contributed by atoms with Crippen molar-refractivity contribution >= 4 is 42.7 Å². The van der Waals surface area contributed by atoms with Crippen molar-refractivity contribution in [3.05, 3.63) is 59.1 Å². The Balaban J connectivity index is 1.23. The number of imidazole rings is 1. The van der Waals surface area contributed by atoms with Crippen LogP contribution in [0.3, 0.4) is 0 Å². The molecule has 2 aromatic heterocycles. The first-order valence-electron chi connectivity index (χ1n) is 10.8. The van der Waals surface area contributed by atoms with Gasteiger partial charge in [-0.2, -0.15) is 4.98 Å². The highest BCUT2D eigenvalue weighted by Gasteiger charge is 2.30. The van der Waals surface area contributed by atoms with Crippen LogP contribution in [-0.2, 0) is 14.1 Å². The number of benzene rings is 2. The fraction of sp³-hybridized carbons (Fsp3) is 0.273. The minimum atomic E-state index is -1.57. The summed E-state index contributed by atoms with van der Waals surface area (Å²) in [6.07, 6.45) is 3.17. The number of carbonyl (C=O) groups is 1. The first kappa shape index (κ1) is 22.4. The molecular weight excluding hydrogens is 459 g/mol. The van der Waals surface area contributed by atoms with Gasteiger partial charge in [0.1, 0.15) is 18.3 Å². The molecule has 34 heavy (non-hydrogen) atoms. The van der Waals surface area contributed by atoms with Crippen LogP contribution in [0.25, 0.3) is 21.9 Å². The van der Waals surface area contributed by atoms with Crippen LogP contribution in [-0.4, -0.2) is 45.1 Å². The molecule has 12 heteroatoms. The van der Waals surface area contributed by atoms with E-state index in [1.54, 1.807) is 4.57 Å². The highest BCUT2D eigenvalue weighted by atomic mass is 31.2. The number of aromatic nitrogens is 4. The molecule has 0 radical (unpaired) electrons. The SMILES string of the molecule is Nc1nc2c(ncn2C2CCC(COP(NCC=O)Oc3ccc4ccccc4c3)O2)c(=O)[nH]1. The number of ether oxygens (including phenoxy) is 1. The Hall–Kier alpha value is -3.37. The topological polar surface area (TPSA) is 146 Å². The number of nitrogens with zero attached hydrogens (tertiary/aromatic N) is 3. The number of nitrogens with one attached hydrogen (secondary N) is 2. The summed E-state index contributed by atoms with van der Waals surface area (Å²) in [6, 6.07) is 13.8. The fourth-order valence-corrected chi connectivity index (χ4v) is 4.89. The molecule has 4 aromatic rings. The number of rotatable bonds is 9. The molecule has 1 aliphatic heterocycles. The third-order valence-corrected chi connectivity index (χ3v) is 6.64. The first-order chi connectivity index (χ1) is 16.6. The van der Waals surface area contributed by atoms with Gasteiger partial charge in [0.15, 0.2) is 11.2 Å². The third-order valence-electron chi connectivity index (χ3n) is 5.44. The summed E-state index contributed by atoms with van der Waals surface area (Å²) in [5, 5.41) is 5.14. The van der Waals surface area contributed by atoms with Gasteiger partial charge in [-0.1, -0.05) is 30.3 Å². The molecule has 4 N–H and O–H groups in total. The van der Waals surface area contributed by atoms with Crippen LogP contribution >= 0.6 is 8.53 Å². The summed E-state index contributed by atoms with van der Waals surface area (Å²) >= 11 is 0. The Kier molecular flexibility index (Phi) is 6.50. The molecule has 3 heterocycles. The van der Waals surface area contributed by atoms with Crippen molar-refractivity contribution in [3.63, 3.8) is 0 Å². The van der Waals surface area contributed by atoms with Crippen LogP contribution in [0.2, 0.25) is 0 Å². The highest BCUT2D eigenvalue weighted by Crippen LogP contribution is 2.38. The maximum absolute atomic E-state index is 12.0. The van der Waals surface area contributed by atoms with E-state index in [4.69, 9.17) is 19.5 Å². The monoisotopic (exact) mass is 482 g/mol. The molecule has 5 rings (SSSR count). The number of nitrogens with two attached hydrogens (primary N) is 1.